The minimum absolute atomic E-state index is 0.0613. The Bertz CT molecular complexity index is 382. The smallest absolute Gasteiger partial charge is 0.304 e. The van der Waals surface area contributed by atoms with Crippen molar-refractivity contribution in [3.05, 3.63) is 0 Å². The summed E-state index contributed by atoms with van der Waals surface area (Å²) in [5, 5.41) is 8.84. The van der Waals surface area contributed by atoms with Gasteiger partial charge in [-0.05, 0) is 6.42 Å². The standard InChI is InChI=1S/C12H23NO5S/c1-2-3-6-18-7-4-13-5-8-19(16,17)10-11(13)9-12(14)15/h11H,2-10H2,1H3,(H,14,15). The number of ether oxygens (including phenoxy) is 1. The summed E-state index contributed by atoms with van der Waals surface area (Å²) in [6.07, 6.45) is 1.95. The Morgan fingerprint density at radius 2 is 2.16 bits per heavy atom. The molecule has 1 aliphatic heterocycles. The number of rotatable bonds is 8. The molecule has 0 bridgehead atoms. The molecule has 1 fully saturated rings. The maximum absolute atomic E-state index is 11.6. The number of carboxylic acids is 1. The average molecular weight is 293 g/mol. The van der Waals surface area contributed by atoms with Gasteiger partial charge in [0.05, 0.1) is 24.5 Å². The van der Waals surface area contributed by atoms with Gasteiger partial charge in [0, 0.05) is 25.7 Å². The second-order valence-electron chi connectivity index (χ2n) is 4.87. The Labute approximate surface area is 114 Å². The first kappa shape index (κ1) is 16.4. The van der Waals surface area contributed by atoms with Crippen molar-refractivity contribution in [2.45, 2.75) is 32.2 Å². The van der Waals surface area contributed by atoms with E-state index >= 15 is 0 Å². The van der Waals surface area contributed by atoms with Crippen molar-refractivity contribution < 1.29 is 23.1 Å². The molecule has 1 atom stereocenters. The number of unbranched alkanes of at least 4 members (excludes halogenated alkanes) is 1. The van der Waals surface area contributed by atoms with Gasteiger partial charge in [0.15, 0.2) is 9.84 Å². The molecule has 0 spiro atoms. The van der Waals surface area contributed by atoms with Gasteiger partial charge < -0.3 is 9.84 Å². The number of sulfone groups is 1. The second kappa shape index (κ2) is 7.81. The Kier molecular flexibility index (Phi) is 6.74. The summed E-state index contributed by atoms with van der Waals surface area (Å²) in [5.74, 6) is -0.911. The maximum Gasteiger partial charge on any atom is 0.304 e. The third-order valence-corrected chi connectivity index (χ3v) is 4.92. The van der Waals surface area contributed by atoms with Crippen molar-refractivity contribution >= 4 is 15.8 Å². The number of hydrogen-bond acceptors (Lipinski definition) is 5. The van der Waals surface area contributed by atoms with E-state index < -0.39 is 21.8 Å². The van der Waals surface area contributed by atoms with Crippen molar-refractivity contribution in [3.63, 3.8) is 0 Å². The van der Waals surface area contributed by atoms with Crippen LogP contribution in [0.5, 0.6) is 0 Å². The highest BCUT2D eigenvalue weighted by Gasteiger charge is 2.32. The quantitative estimate of drug-likeness (QED) is 0.651. The summed E-state index contributed by atoms with van der Waals surface area (Å²) in [7, 11) is -3.10. The van der Waals surface area contributed by atoms with Crippen LogP contribution in [0.3, 0.4) is 0 Å². The molecule has 0 saturated carbocycles. The lowest BCUT2D eigenvalue weighted by molar-refractivity contribution is -0.138. The summed E-state index contributed by atoms with van der Waals surface area (Å²) in [4.78, 5) is 12.7. The Balaban J connectivity index is 2.42. The highest BCUT2D eigenvalue weighted by molar-refractivity contribution is 7.91. The summed E-state index contributed by atoms with van der Waals surface area (Å²) >= 11 is 0. The van der Waals surface area contributed by atoms with Crippen molar-refractivity contribution in [2.75, 3.05) is 37.8 Å². The normalized spacial score (nSPS) is 23.3. The fourth-order valence-corrected chi connectivity index (χ4v) is 3.73. The maximum atomic E-state index is 11.6. The molecule has 19 heavy (non-hydrogen) atoms. The van der Waals surface area contributed by atoms with Crippen LogP contribution in [0, 0.1) is 0 Å². The highest BCUT2D eigenvalue weighted by Crippen LogP contribution is 2.14. The monoisotopic (exact) mass is 293 g/mol. The van der Waals surface area contributed by atoms with E-state index in [0.717, 1.165) is 12.8 Å². The first-order valence-electron chi connectivity index (χ1n) is 6.68. The van der Waals surface area contributed by atoms with Crippen molar-refractivity contribution in [3.8, 4) is 0 Å². The Morgan fingerprint density at radius 1 is 1.42 bits per heavy atom. The average Bonchev–Trinajstić information content (AvgIpc) is 2.30. The van der Waals surface area contributed by atoms with E-state index in [-0.39, 0.29) is 17.9 Å². The van der Waals surface area contributed by atoms with Crippen LogP contribution in [0.15, 0.2) is 0 Å². The van der Waals surface area contributed by atoms with E-state index in [9.17, 15) is 13.2 Å². The van der Waals surface area contributed by atoms with Crippen LogP contribution in [0.2, 0.25) is 0 Å². The van der Waals surface area contributed by atoms with Gasteiger partial charge in [-0.2, -0.15) is 0 Å². The number of nitrogens with zero attached hydrogens (tertiary/aromatic N) is 1. The van der Waals surface area contributed by atoms with Crippen LogP contribution in [0.1, 0.15) is 26.2 Å². The zero-order valence-electron chi connectivity index (χ0n) is 11.4. The second-order valence-corrected chi connectivity index (χ2v) is 7.10. The Hall–Kier alpha value is -0.660. The molecule has 7 heteroatoms. The zero-order chi connectivity index (χ0) is 14.3. The van der Waals surface area contributed by atoms with Gasteiger partial charge in [0.2, 0.25) is 0 Å². The van der Waals surface area contributed by atoms with E-state index in [0.29, 0.717) is 26.3 Å². The van der Waals surface area contributed by atoms with Crippen LogP contribution in [0.25, 0.3) is 0 Å². The first-order chi connectivity index (χ1) is 8.94. The summed E-state index contributed by atoms with van der Waals surface area (Å²) < 4.78 is 28.5. The van der Waals surface area contributed by atoms with Gasteiger partial charge in [-0.3, -0.25) is 9.69 Å². The molecule has 1 saturated heterocycles. The van der Waals surface area contributed by atoms with Crippen LogP contribution in [-0.2, 0) is 19.4 Å². The summed E-state index contributed by atoms with van der Waals surface area (Å²) in [6.45, 7) is 4.30. The van der Waals surface area contributed by atoms with Crippen molar-refractivity contribution in [1.82, 2.24) is 4.90 Å². The van der Waals surface area contributed by atoms with Gasteiger partial charge in [-0.25, -0.2) is 8.42 Å². The molecule has 0 amide bonds. The van der Waals surface area contributed by atoms with E-state index in [2.05, 4.69) is 6.92 Å². The molecule has 112 valence electrons. The van der Waals surface area contributed by atoms with Crippen LogP contribution in [0.4, 0.5) is 0 Å². The molecule has 1 rings (SSSR count). The predicted octanol–water partition coefficient (Wildman–Crippen LogP) is 0.377. The van der Waals surface area contributed by atoms with Gasteiger partial charge in [-0.1, -0.05) is 13.3 Å². The third kappa shape index (κ3) is 6.35. The van der Waals surface area contributed by atoms with Crippen molar-refractivity contribution in [2.24, 2.45) is 0 Å². The molecule has 0 aromatic heterocycles. The van der Waals surface area contributed by atoms with E-state index in [1.54, 1.807) is 0 Å². The molecule has 1 aliphatic rings. The number of aliphatic carboxylic acids is 1. The van der Waals surface area contributed by atoms with Crippen LogP contribution >= 0.6 is 0 Å². The SMILES string of the molecule is CCCCOCCN1CCS(=O)(=O)CC1CC(=O)O. The number of hydrogen-bond donors (Lipinski definition) is 1. The molecule has 0 aliphatic carbocycles. The fraction of sp³-hybridized carbons (Fsp3) is 0.917. The summed E-state index contributed by atoms with van der Waals surface area (Å²) in [5.41, 5.74) is 0. The number of carboxylic acid groups (broad SMARTS) is 1. The molecule has 6 nitrogen and oxygen atoms in total. The fourth-order valence-electron chi connectivity index (χ4n) is 2.14. The van der Waals surface area contributed by atoms with Crippen LogP contribution in [-0.4, -0.2) is 68.2 Å². The molecule has 1 heterocycles. The van der Waals surface area contributed by atoms with Gasteiger partial charge in [0.25, 0.3) is 0 Å². The van der Waals surface area contributed by atoms with E-state index in [4.69, 9.17) is 9.84 Å². The lowest BCUT2D eigenvalue weighted by atomic mass is 10.2. The molecule has 1 unspecified atom stereocenters. The van der Waals surface area contributed by atoms with Gasteiger partial charge in [0.1, 0.15) is 0 Å². The highest BCUT2D eigenvalue weighted by atomic mass is 32.2. The van der Waals surface area contributed by atoms with E-state index in [1.165, 1.54) is 0 Å². The van der Waals surface area contributed by atoms with Crippen molar-refractivity contribution in [1.29, 1.82) is 0 Å². The third-order valence-electron chi connectivity index (χ3n) is 3.23. The minimum Gasteiger partial charge on any atom is -0.481 e. The minimum atomic E-state index is -3.10. The van der Waals surface area contributed by atoms with Crippen LogP contribution < -0.4 is 0 Å². The molecular weight excluding hydrogens is 270 g/mol. The molecule has 0 aromatic carbocycles. The molecular formula is C12H23NO5S. The largest absolute Gasteiger partial charge is 0.481 e. The topological polar surface area (TPSA) is 83.9 Å². The first-order valence-corrected chi connectivity index (χ1v) is 8.50. The van der Waals surface area contributed by atoms with Gasteiger partial charge >= 0.3 is 5.97 Å². The Morgan fingerprint density at radius 3 is 2.79 bits per heavy atom. The lowest BCUT2D eigenvalue weighted by Gasteiger charge is -2.34. The molecule has 0 aromatic rings. The summed E-state index contributed by atoms with van der Waals surface area (Å²) in [6, 6.07) is -0.425. The van der Waals surface area contributed by atoms with Gasteiger partial charge in [-0.15, -0.1) is 0 Å². The zero-order valence-corrected chi connectivity index (χ0v) is 12.2. The molecule has 0 radical (unpaired) electrons. The predicted molar refractivity (Wildman–Crippen MR) is 72.0 cm³/mol. The number of carbonyl (C=O) groups is 1. The van der Waals surface area contributed by atoms with E-state index in [1.807, 2.05) is 4.90 Å². The lowest BCUT2D eigenvalue weighted by Crippen LogP contribution is -2.50. The molecule has 1 N–H and O–H groups in total.